The fourth-order valence-corrected chi connectivity index (χ4v) is 1.62. The summed E-state index contributed by atoms with van der Waals surface area (Å²) in [4.78, 5) is 22.2. The lowest BCUT2D eigenvalue weighted by Gasteiger charge is -2.38. The van der Waals surface area contributed by atoms with Gasteiger partial charge in [0.2, 0.25) is 5.91 Å². The summed E-state index contributed by atoms with van der Waals surface area (Å²) in [5.74, 6) is -1.01. The Morgan fingerprint density at radius 2 is 2.00 bits per heavy atom. The highest BCUT2D eigenvalue weighted by Gasteiger charge is 2.44. The second kappa shape index (κ2) is 4.61. The van der Waals surface area contributed by atoms with E-state index in [4.69, 9.17) is 5.11 Å². The molecule has 0 bridgehead atoms. The zero-order chi connectivity index (χ0) is 11.5. The monoisotopic (exact) mass is 214 g/mol. The van der Waals surface area contributed by atoms with Gasteiger partial charge in [-0.15, -0.1) is 0 Å². The van der Waals surface area contributed by atoms with E-state index in [2.05, 4.69) is 10.6 Å². The Morgan fingerprint density at radius 1 is 1.40 bits per heavy atom. The van der Waals surface area contributed by atoms with Gasteiger partial charge in [0, 0.05) is 6.04 Å². The van der Waals surface area contributed by atoms with Crippen LogP contribution in [0, 0.1) is 0 Å². The predicted molar refractivity (Wildman–Crippen MR) is 55.5 cm³/mol. The summed E-state index contributed by atoms with van der Waals surface area (Å²) in [6.45, 7) is 3.81. The number of nitrogens with one attached hydrogen (secondary N) is 2. The number of hydrogen-bond donors (Lipinski definition) is 3. The molecule has 0 spiro atoms. The van der Waals surface area contributed by atoms with Gasteiger partial charge in [-0.25, -0.2) is 0 Å². The van der Waals surface area contributed by atoms with E-state index in [-0.39, 0.29) is 18.5 Å². The molecule has 5 heteroatoms. The van der Waals surface area contributed by atoms with Gasteiger partial charge in [-0.05, 0) is 33.1 Å². The number of rotatable bonds is 5. The van der Waals surface area contributed by atoms with Gasteiger partial charge >= 0.3 is 5.97 Å². The molecule has 5 nitrogen and oxygen atoms in total. The van der Waals surface area contributed by atoms with Gasteiger partial charge in [-0.1, -0.05) is 0 Å². The Kier molecular flexibility index (Phi) is 3.68. The van der Waals surface area contributed by atoms with Crippen molar-refractivity contribution in [2.24, 2.45) is 0 Å². The first kappa shape index (κ1) is 12.0. The van der Waals surface area contributed by atoms with Crippen molar-refractivity contribution in [2.45, 2.75) is 44.7 Å². The minimum Gasteiger partial charge on any atom is -0.480 e. The van der Waals surface area contributed by atoms with Crippen LogP contribution in [0.1, 0.15) is 33.1 Å². The van der Waals surface area contributed by atoms with E-state index in [1.54, 1.807) is 0 Å². The molecular weight excluding hydrogens is 196 g/mol. The molecule has 86 valence electrons. The maximum atomic E-state index is 11.3. The number of carboxylic acid groups (broad SMARTS) is 1. The zero-order valence-electron chi connectivity index (χ0n) is 9.17. The Morgan fingerprint density at radius 3 is 2.33 bits per heavy atom. The van der Waals surface area contributed by atoms with Gasteiger partial charge in [-0.2, -0.15) is 0 Å². The molecule has 0 aromatic rings. The fourth-order valence-electron chi connectivity index (χ4n) is 1.62. The van der Waals surface area contributed by atoms with Crippen molar-refractivity contribution in [3.8, 4) is 0 Å². The third kappa shape index (κ3) is 2.92. The first-order valence-electron chi connectivity index (χ1n) is 5.24. The van der Waals surface area contributed by atoms with Crippen molar-refractivity contribution >= 4 is 11.9 Å². The highest BCUT2D eigenvalue weighted by Crippen LogP contribution is 2.31. The van der Waals surface area contributed by atoms with Crippen LogP contribution in [-0.4, -0.2) is 35.1 Å². The molecule has 3 N–H and O–H groups in total. The molecule has 0 aliphatic heterocycles. The summed E-state index contributed by atoms with van der Waals surface area (Å²) in [7, 11) is 0. The standard InChI is InChI=1S/C10H18N2O3/c1-7(2)12-8(13)6-11-10(9(14)15)4-3-5-10/h7,11H,3-6H2,1-2H3,(H,12,13)(H,14,15). The average molecular weight is 214 g/mol. The van der Waals surface area contributed by atoms with Crippen LogP contribution in [0.15, 0.2) is 0 Å². The molecule has 1 aliphatic rings. The SMILES string of the molecule is CC(C)NC(=O)CNC1(C(=O)O)CCC1. The number of carboxylic acids is 1. The number of carbonyl (C=O) groups excluding carboxylic acids is 1. The third-order valence-corrected chi connectivity index (χ3v) is 2.65. The van der Waals surface area contributed by atoms with Crippen molar-refractivity contribution in [1.82, 2.24) is 10.6 Å². The van der Waals surface area contributed by atoms with E-state index in [0.717, 1.165) is 6.42 Å². The number of amides is 1. The lowest BCUT2D eigenvalue weighted by atomic mass is 9.77. The topological polar surface area (TPSA) is 78.4 Å². The van der Waals surface area contributed by atoms with Crippen LogP contribution >= 0.6 is 0 Å². The summed E-state index contributed by atoms with van der Waals surface area (Å²) in [6.07, 6.45) is 2.12. The summed E-state index contributed by atoms with van der Waals surface area (Å²) in [5.41, 5.74) is -0.853. The minimum atomic E-state index is -0.855. The summed E-state index contributed by atoms with van der Waals surface area (Å²) < 4.78 is 0. The van der Waals surface area contributed by atoms with E-state index >= 15 is 0 Å². The van der Waals surface area contributed by atoms with E-state index < -0.39 is 11.5 Å². The highest BCUT2D eigenvalue weighted by molar-refractivity contribution is 5.83. The number of carbonyl (C=O) groups is 2. The number of aliphatic carboxylic acids is 1. The van der Waals surface area contributed by atoms with Crippen LogP contribution in [0.3, 0.4) is 0 Å². The van der Waals surface area contributed by atoms with Gasteiger partial charge in [0.25, 0.3) is 0 Å². The van der Waals surface area contributed by atoms with Crippen LogP contribution in [0.25, 0.3) is 0 Å². The predicted octanol–water partition coefficient (Wildman–Crippen LogP) is 0.108. The third-order valence-electron chi connectivity index (χ3n) is 2.65. The first-order valence-corrected chi connectivity index (χ1v) is 5.24. The Balaban J connectivity index is 2.35. The zero-order valence-corrected chi connectivity index (χ0v) is 9.17. The lowest BCUT2D eigenvalue weighted by molar-refractivity contribution is -0.149. The quantitative estimate of drug-likeness (QED) is 0.607. The first-order chi connectivity index (χ1) is 6.96. The molecule has 0 saturated heterocycles. The van der Waals surface area contributed by atoms with E-state index in [1.807, 2.05) is 13.8 Å². The molecule has 1 rings (SSSR count). The van der Waals surface area contributed by atoms with E-state index in [9.17, 15) is 9.59 Å². The van der Waals surface area contributed by atoms with Gasteiger partial charge in [-0.3, -0.25) is 14.9 Å². The number of hydrogen-bond acceptors (Lipinski definition) is 3. The minimum absolute atomic E-state index is 0.0739. The average Bonchev–Trinajstić information content (AvgIpc) is 1.99. The fraction of sp³-hybridized carbons (Fsp3) is 0.800. The lowest BCUT2D eigenvalue weighted by Crippen LogP contribution is -2.59. The molecule has 0 radical (unpaired) electrons. The normalized spacial score (nSPS) is 18.3. The summed E-state index contributed by atoms with van der Waals surface area (Å²) in [5, 5.41) is 14.5. The second-order valence-corrected chi connectivity index (χ2v) is 4.32. The molecule has 0 heterocycles. The van der Waals surface area contributed by atoms with E-state index in [0.29, 0.717) is 12.8 Å². The van der Waals surface area contributed by atoms with Gasteiger partial charge in [0.15, 0.2) is 0 Å². The van der Waals surface area contributed by atoms with Crippen LogP contribution in [0.5, 0.6) is 0 Å². The molecule has 1 aliphatic carbocycles. The van der Waals surface area contributed by atoms with Crippen molar-refractivity contribution in [2.75, 3.05) is 6.54 Å². The van der Waals surface area contributed by atoms with E-state index in [1.165, 1.54) is 0 Å². The smallest absolute Gasteiger partial charge is 0.323 e. The second-order valence-electron chi connectivity index (χ2n) is 4.32. The Hall–Kier alpha value is -1.10. The Bertz CT molecular complexity index is 259. The van der Waals surface area contributed by atoms with Crippen molar-refractivity contribution in [3.05, 3.63) is 0 Å². The van der Waals surface area contributed by atoms with Crippen LogP contribution < -0.4 is 10.6 Å². The largest absolute Gasteiger partial charge is 0.480 e. The molecule has 1 amide bonds. The Labute approximate surface area is 89.2 Å². The molecule has 0 aromatic heterocycles. The summed E-state index contributed by atoms with van der Waals surface area (Å²) >= 11 is 0. The van der Waals surface area contributed by atoms with Gasteiger partial charge < -0.3 is 10.4 Å². The van der Waals surface area contributed by atoms with Crippen LogP contribution in [-0.2, 0) is 9.59 Å². The maximum Gasteiger partial charge on any atom is 0.323 e. The molecule has 15 heavy (non-hydrogen) atoms. The van der Waals surface area contributed by atoms with Crippen LogP contribution in [0.4, 0.5) is 0 Å². The highest BCUT2D eigenvalue weighted by atomic mass is 16.4. The van der Waals surface area contributed by atoms with Crippen LogP contribution in [0.2, 0.25) is 0 Å². The molecule has 1 saturated carbocycles. The van der Waals surface area contributed by atoms with Gasteiger partial charge in [0.05, 0.1) is 6.54 Å². The maximum absolute atomic E-state index is 11.3. The van der Waals surface area contributed by atoms with Gasteiger partial charge in [0.1, 0.15) is 5.54 Å². The molecule has 0 unspecified atom stereocenters. The molecule has 1 fully saturated rings. The molecule has 0 aromatic carbocycles. The van der Waals surface area contributed by atoms with Crippen molar-refractivity contribution < 1.29 is 14.7 Å². The van der Waals surface area contributed by atoms with Crippen molar-refractivity contribution in [3.63, 3.8) is 0 Å². The summed E-state index contributed by atoms with van der Waals surface area (Å²) in [6, 6.07) is 0.0847. The molecule has 0 atom stereocenters. The molecular formula is C10H18N2O3. The van der Waals surface area contributed by atoms with Crippen molar-refractivity contribution in [1.29, 1.82) is 0 Å².